The Bertz CT molecular complexity index is 294. The van der Waals surface area contributed by atoms with Gasteiger partial charge < -0.3 is 15.2 Å². The summed E-state index contributed by atoms with van der Waals surface area (Å²) in [5.41, 5.74) is 0. The van der Waals surface area contributed by atoms with E-state index in [2.05, 4.69) is 22.5 Å². The lowest BCUT2D eigenvalue weighted by Gasteiger charge is -2.30. The Kier molecular flexibility index (Phi) is 2.72. The molecule has 0 amide bonds. The molecule has 1 aliphatic rings. The minimum atomic E-state index is 0.504. The maximum absolute atomic E-state index is 4.27. The lowest BCUT2D eigenvalue weighted by molar-refractivity contribution is 0.387. The molecule has 2 heterocycles. The molecule has 4 heteroatoms. The zero-order chi connectivity index (χ0) is 9.97. The molecule has 1 aliphatic heterocycles. The van der Waals surface area contributed by atoms with Crippen molar-refractivity contribution in [3.8, 4) is 0 Å². The lowest BCUT2D eigenvalue weighted by Crippen LogP contribution is -2.46. The Labute approximate surface area is 84.7 Å². The Hall–Kier alpha value is -1.03. The minimum absolute atomic E-state index is 0.504. The lowest BCUT2D eigenvalue weighted by atomic mass is 10.0. The van der Waals surface area contributed by atoms with Crippen molar-refractivity contribution in [2.24, 2.45) is 7.05 Å². The molecule has 2 rings (SSSR count). The van der Waals surface area contributed by atoms with E-state index in [9.17, 15) is 0 Å². The Morgan fingerprint density at radius 3 is 3.14 bits per heavy atom. The summed E-state index contributed by atoms with van der Waals surface area (Å²) in [6.45, 7) is 3.36. The highest BCUT2D eigenvalue weighted by molar-refractivity contribution is 5.28. The molecule has 14 heavy (non-hydrogen) atoms. The number of rotatable bonds is 2. The van der Waals surface area contributed by atoms with Crippen LogP contribution in [-0.2, 0) is 7.05 Å². The van der Waals surface area contributed by atoms with Gasteiger partial charge in [0.25, 0.3) is 0 Å². The number of nitrogens with one attached hydrogen (secondary N) is 2. The van der Waals surface area contributed by atoms with Crippen molar-refractivity contribution in [3.05, 3.63) is 12.4 Å². The predicted molar refractivity (Wildman–Crippen MR) is 57.3 cm³/mol. The molecular weight excluding hydrogens is 176 g/mol. The second-order valence-corrected chi connectivity index (χ2v) is 4.00. The monoisotopic (exact) mass is 194 g/mol. The number of anilines is 1. The number of aromatic nitrogens is 2. The van der Waals surface area contributed by atoms with Gasteiger partial charge in [0.1, 0.15) is 0 Å². The van der Waals surface area contributed by atoms with Gasteiger partial charge in [-0.25, -0.2) is 4.98 Å². The second kappa shape index (κ2) is 4.00. The van der Waals surface area contributed by atoms with Crippen LogP contribution in [0.4, 0.5) is 5.95 Å². The van der Waals surface area contributed by atoms with Gasteiger partial charge in [0.05, 0.1) is 0 Å². The van der Waals surface area contributed by atoms with Crippen molar-refractivity contribution in [1.82, 2.24) is 14.9 Å². The summed E-state index contributed by atoms with van der Waals surface area (Å²) in [7, 11) is 2.01. The van der Waals surface area contributed by atoms with Crippen LogP contribution in [0.2, 0.25) is 0 Å². The van der Waals surface area contributed by atoms with Crippen LogP contribution in [0.25, 0.3) is 0 Å². The zero-order valence-corrected chi connectivity index (χ0v) is 8.83. The third kappa shape index (κ3) is 1.90. The summed E-state index contributed by atoms with van der Waals surface area (Å²) in [4.78, 5) is 4.27. The quantitative estimate of drug-likeness (QED) is 0.737. The van der Waals surface area contributed by atoms with Gasteiger partial charge in [-0.15, -0.1) is 0 Å². The van der Waals surface area contributed by atoms with E-state index in [1.54, 1.807) is 0 Å². The van der Waals surface area contributed by atoms with Crippen LogP contribution < -0.4 is 10.6 Å². The van der Waals surface area contributed by atoms with Crippen molar-refractivity contribution in [1.29, 1.82) is 0 Å². The summed E-state index contributed by atoms with van der Waals surface area (Å²) in [5, 5.41) is 6.93. The Morgan fingerprint density at radius 1 is 1.64 bits per heavy atom. The average molecular weight is 194 g/mol. The largest absolute Gasteiger partial charge is 0.351 e. The van der Waals surface area contributed by atoms with Crippen LogP contribution >= 0.6 is 0 Å². The first kappa shape index (κ1) is 9.52. The molecule has 0 spiro atoms. The third-order valence-electron chi connectivity index (χ3n) is 2.90. The maximum Gasteiger partial charge on any atom is 0.202 e. The van der Waals surface area contributed by atoms with Crippen molar-refractivity contribution in [3.63, 3.8) is 0 Å². The fourth-order valence-corrected chi connectivity index (χ4v) is 1.91. The molecule has 1 aromatic heterocycles. The van der Waals surface area contributed by atoms with Crippen molar-refractivity contribution < 1.29 is 0 Å². The maximum atomic E-state index is 4.27. The topological polar surface area (TPSA) is 41.9 Å². The van der Waals surface area contributed by atoms with E-state index in [4.69, 9.17) is 0 Å². The molecule has 4 nitrogen and oxygen atoms in total. The van der Waals surface area contributed by atoms with Gasteiger partial charge in [0.15, 0.2) is 0 Å². The predicted octanol–water partition coefficient (Wildman–Crippen LogP) is 0.972. The van der Waals surface area contributed by atoms with Crippen LogP contribution in [0.5, 0.6) is 0 Å². The van der Waals surface area contributed by atoms with Gasteiger partial charge in [0, 0.05) is 31.5 Å². The molecule has 2 atom stereocenters. The van der Waals surface area contributed by atoms with Gasteiger partial charge in [0.2, 0.25) is 5.95 Å². The zero-order valence-electron chi connectivity index (χ0n) is 8.83. The molecule has 1 saturated heterocycles. The van der Waals surface area contributed by atoms with Gasteiger partial charge in [-0.1, -0.05) is 0 Å². The molecule has 2 unspecified atom stereocenters. The number of piperidine rings is 1. The molecular formula is C10H18N4. The van der Waals surface area contributed by atoms with E-state index < -0.39 is 0 Å². The Balaban J connectivity index is 1.99. The van der Waals surface area contributed by atoms with Crippen LogP contribution in [0.1, 0.15) is 19.8 Å². The van der Waals surface area contributed by atoms with E-state index in [0.717, 1.165) is 12.5 Å². The fourth-order valence-electron chi connectivity index (χ4n) is 1.91. The summed E-state index contributed by atoms with van der Waals surface area (Å²) in [6, 6.07) is 1.03. The molecule has 1 fully saturated rings. The first-order chi connectivity index (χ1) is 6.77. The molecule has 0 saturated carbocycles. The van der Waals surface area contributed by atoms with Gasteiger partial charge >= 0.3 is 0 Å². The van der Waals surface area contributed by atoms with Crippen LogP contribution in [0.15, 0.2) is 12.4 Å². The highest BCUT2D eigenvalue weighted by atomic mass is 15.2. The van der Waals surface area contributed by atoms with Gasteiger partial charge in [-0.2, -0.15) is 0 Å². The molecule has 0 aliphatic carbocycles. The summed E-state index contributed by atoms with van der Waals surface area (Å²) in [5.74, 6) is 0.963. The number of imidazole rings is 1. The molecule has 0 aromatic carbocycles. The van der Waals surface area contributed by atoms with E-state index in [0.29, 0.717) is 12.1 Å². The molecule has 0 radical (unpaired) electrons. The highest BCUT2D eigenvalue weighted by Crippen LogP contribution is 2.13. The number of hydrogen-bond acceptors (Lipinski definition) is 3. The average Bonchev–Trinajstić information content (AvgIpc) is 2.56. The van der Waals surface area contributed by atoms with Gasteiger partial charge in [-0.05, 0) is 26.3 Å². The van der Waals surface area contributed by atoms with Crippen LogP contribution in [-0.4, -0.2) is 28.2 Å². The Morgan fingerprint density at radius 2 is 2.50 bits per heavy atom. The number of nitrogens with zero attached hydrogens (tertiary/aromatic N) is 2. The summed E-state index contributed by atoms with van der Waals surface area (Å²) < 4.78 is 2.02. The summed E-state index contributed by atoms with van der Waals surface area (Å²) in [6.07, 6.45) is 6.25. The normalized spacial score (nSPS) is 27.6. The first-order valence-electron chi connectivity index (χ1n) is 5.24. The van der Waals surface area contributed by atoms with E-state index >= 15 is 0 Å². The van der Waals surface area contributed by atoms with Crippen LogP contribution in [0, 0.1) is 0 Å². The van der Waals surface area contributed by atoms with E-state index in [1.165, 1.54) is 12.8 Å². The van der Waals surface area contributed by atoms with Crippen molar-refractivity contribution >= 4 is 5.95 Å². The van der Waals surface area contributed by atoms with Crippen molar-refractivity contribution in [2.75, 3.05) is 11.9 Å². The second-order valence-electron chi connectivity index (χ2n) is 4.00. The number of aryl methyl sites for hydroxylation is 1. The smallest absolute Gasteiger partial charge is 0.202 e. The van der Waals surface area contributed by atoms with Crippen LogP contribution in [0.3, 0.4) is 0 Å². The van der Waals surface area contributed by atoms with E-state index in [-0.39, 0.29) is 0 Å². The molecule has 78 valence electrons. The first-order valence-corrected chi connectivity index (χ1v) is 5.24. The standard InChI is InChI=1S/C10H18N4/c1-8-9(4-3-5-11-8)13-10-12-6-7-14(10)2/h6-9,11H,3-5H2,1-2H3,(H,12,13). The summed E-state index contributed by atoms with van der Waals surface area (Å²) >= 11 is 0. The van der Waals surface area contributed by atoms with Crippen molar-refractivity contribution in [2.45, 2.75) is 31.8 Å². The van der Waals surface area contributed by atoms with E-state index in [1.807, 2.05) is 24.0 Å². The minimum Gasteiger partial charge on any atom is -0.351 e. The molecule has 1 aromatic rings. The highest BCUT2D eigenvalue weighted by Gasteiger charge is 2.21. The molecule has 0 bridgehead atoms. The third-order valence-corrected chi connectivity index (χ3v) is 2.90. The molecule has 2 N–H and O–H groups in total. The van der Waals surface area contributed by atoms with Gasteiger partial charge in [-0.3, -0.25) is 0 Å². The SMILES string of the molecule is CC1NCCCC1Nc1nccn1C. The fraction of sp³-hybridized carbons (Fsp3) is 0.700. The number of hydrogen-bond donors (Lipinski definition) is 2.